The van der Waals surface area contributed by atoms with E-state index in [-0.39, 0.29) is 18.3 Å². The van der Waals surface area contributed by atoms with Crippen molar-refractivity contribution in [2.24, 2.45) is 0 Å². The number of aromatic nitrogens is 2. The fourth-order valence-corrected chi connectivity index (χ4v) is 2.01. The summed E-state index contributed by atoms with van der Waals surface area (Å²) >= 11 is 0. The fourth-order valence-electron chi connectivity index (χ4n) is 2.01. The molecule has 1 amide bonds. The van der Waals surface area contributed by atoms with Gasteiger partial charge in [0.2, 0.25) is 11.8 Å². The molecule has 0 saturated carbocycles. The fraction of sp³-hybridized carbons (Fsp3) is 0.214. The smallest absolute Gasteiger partial charge is 0.388 e. The maximum Gasteiger partial charge on any atom is 0.437 e. The number of hydrogen-bond donors (Lipinski definition) is 0. The van der Waals surface area contributed by atoms with Crippen molar-refractivity contribution in [2.45, 2.75) is 6.54 Å². The van der Waals surface area contributed by atoms with Crippen molar-refractivity contribution in [3.63, 3.8) is 0 Å². The molecule has 6 nitrogen and oxygen atoms in total. The normalized spacial score (nSPS) is 13.9. The molecule has 2 heterocycles. The van der Waals surface area contributed by atoms with Gasteiger partial charge in [-0.3, -0.25) is 4.79 Å². The molecule has 0 radical (unpaired) electrons. The van der Waals surface area contributed by atoms with Crippen molar-refractivity contribution < 1.29 is 9.21 Å². The predicted octanol–water partition coefficient (Wildman–Crippen LogP) is 0.902. The molecule has 1 aliphatic heterocycles. The number of rotatable bonds is 3. The molecule has 0 saturated heterocycles. The molecule has 102 valence electrons. The monoisotopic (exact) mass is 271 g/mol. The van der Waals surface area contributed by atoms with Crippen molar-refractivity contribution in [3.8, 4) is 11.5 Å². The van der Waals surface area contributed by atoms with Gasteiger partial charge in [-0.05, 0) is 12.1 Å². The highest BCUT2D eigenvalue weighted by molar-refractivity contribution is 5.76. The summed E-state index contributed by atoms with van der Waals surface area (Å²) in [5.74, 6) is -0.544. The zero-order valence-electron chi connectivity index (χ0n) is 10.7. The Hall–Kier alpha value is -2.63. The molecule has 1 aromatic heterocycles. The summed E-state index contributed by atoms with van der Waals surface area (Å²) in [6, 6.07) is 9.11. The summed E-state index contributed by atoms with van der Waals surface area (Å²) < 4.78 is 6.13. The summed E-state index contributed by atoms with van der Waals surface area (Å²) in [6.45, 7) is 1.06. The minimum absolute atomic E-state index is 0.100. The second kappa shape index (κ2) is 5.16. The third-order valence-corrected chi connectivity index (χ3v) is 3.08. The van der Waals surface area contributed by atoms with E-state index in [2.05, 4.69) is 5.10 Å². The highest BCUT2D eigenvalue weighted by atomic mass is 16.4. The van der Waals surface area contributed by atoms with Gasteiger partial charge in [0, 0.05) is 18.7 Å². The molecule has 0 spiro atoms. The first-order valence-corrected chi connectivity index (χ1v) is 6.30. The van der Waals surface area contributed by atoms with Crippen molar-refractivity contribution in [1.82, 2.24) is 14.7 Å². The standard InChI is InChI=1S/C14H13N3O3/c18-12(16-8-4-5-9-16)10-17-14(19)20-13(15-17)11-6-2-1-3-7-11/h1-7H,8-10H2. The predicted molar refractivity (Wildman–Crippen MR) is 71.9 cm³/mol. The zero-order valence-corrected chi connectivity index (χ0v) is 10.7. The Morgan fingerprint density at radius 1 is 1.20 bits per heavy atom. The third kappa shape index (κ3) is 2.40. The van der Waals surface area contributed by atoms with Crippen molar-refractivity contribution in [2.75, 3.05) is 13.1 Å². The first-order chi connectivity index (χ1) is 9.74. The molecule has 3 rings (SSSR count). The zero-order chi connectivity index (χ0) is 13.9. The van der Waals surface area contributed by atoms with E-state index in [4.69, 9.17) is 4.42 Å². The Labute approximate surface area is 114 Å². The second-order valence-electron chi connectivity index (χ2n) is 4.47. The summed E-state index contributed by atoms with van der Waals surface area (Å²) in [6.07, 6.45) is 3.83. The Morgan fingerprint density at radius 3 is 2.60 bits per heavy atom. The number of benzene rings is 1. The third-order valence-electron chi connectivity index (χ3n) is 3.08. The topological polar surface area (TPSA) is 68.3 Å². The maximum atomic E-state index is 12.0. The molecule has 0 atom stereocenters. The van der Waals surface area contributed by atoms with Gasteiger partial charge >= 0.3 is 5.76 Å². The second-order valence-corrected chi connectivity index (χ2v) is 4.47. The number of nitrogens with zero attached hydrogens (tertiary/aromatic N) is 3. The van der Waals surface area contributed by atoms with Crippen LogP contribution < -0.4 is 5.76 Å². The average Bonchev–Trinajstić information content (AvgIpc) is 3.10. The molecule has 2 aromatic rings. The Bertz CT molecular complexity index is 692. The SMILES string of the molecule is O=C(Cn1nc(-c2ccccc2)oc1=O)N1CC=CC1. The molecule has 0 aliphatic carbocycles. The molecule has 6 heteroatoms. The van der Waals surface area contributed by atoms with Crippen LogP contribution in [0.3, 0.4) is 0 Å². The molecule has 20 heavy (non-hydrogen) atoms. The quantitative estimate of drug-likeness (QED) is 0.778. The Balaban J connectivity index is 1.79. The van der Waals surface area contributed by atoms with E-state index in [9.17, 15) is 9.59 Å². The lowest BCUT2D eigenvalue weighted by Crippen LogP contribution is -2.34. The molecule has 1 aromatic carbocycles. The maximum absolute atomic E-state index is 12.0. The minimum Gasteiger partial charge on any atom is -0.388 e. The van der Waals surface area contributed by atoms with Gasteiger partial charge in [0.15, 0.2) is 0 Å². The Morgan fingerprint density at radius 2 is 1.90 bits per heavy atom. The lowest BCUT2D eigenvalue weighted by atomic mass is 10.2. The van der Waals surface area contributed by atoms with E-state index >= 15 is 0 Å². The van der Waals surface area contributed by atoms with Gasteiger partial charge < -0.3 is 9.32 Å². The van der Waals surface area contributed by atoms with E-state index in [1.807, 2.05) is 30.4 Å². The van der Waals surface area contributed by atoms with Crippen LogP contribution in [0, 0.1) is 0 Å². The number of carbonyl (C=O) groups is 1. The van der Waals surface area contributed by atoms with Crippen LogP contribution in [0.1, 0.15) is 0 Å². The molecular formula is C14H13N3O3. The highest BCUT2D eigenvalue weighted by Gasteiger charge is 2.18. The molecular weight excluding hydrogens is 258 g/mol. The van der Waals surface area contributed by atoms with Gasteiger partial charge in [0.1, 0.15) is 6.54 Å². The van der Waals surface area contributed by atoms with Crippen molar-refractivity contribution >= 4 is 5.91 Å². The molecule has 1 aliphatic rings. The molecule has 0 unspecified atom stereocenters. The van der Waals surface area contributed by atoms with E-state index in [1.54, 1.807) is 17.0 Å². The van der Waals surface area contributed by atoms with E-state index in [0.717, 1.165) is 4.68 Å². The largest absolute Gasteiger partial charge is 0.437 e. The first-order valence-electron chi connectivity index (χ1n) is 6.30. The van der Waals surface area contributed by atoms with Crippen molar-refractivity contribution in [3.05, 3.63) is 53.0 Å². The van der Waals surface area contributed by atoms with Gasteiger partial charge in [-0.25, -0.2) is 4.79 Å². The van der Waals surface area contributed by atoms with Crippen LogP contribution in [-0.4, -0.2) is 33.7 Å². The van der Waals surface area contributed by atoms with Gasteiger partial charge in [-0.2, -0.15) is 4.68 Å². The van der Waals surface area contributed by atoms with E-state index in [0.29, 0.717) is 18.7 Å². The summed E-state index contributed by atoms with van der Waals surface area (Å²) in [5.41, 5.74) is 0.707. The number of carbonyl (C=O) groups excluding carboxylic acids is 1. The van der Waals surface area contributed by atoms with Crippen LogP contribution in [0.4, 0.5) is 0 Å². The molecule has 0 fully saturated rings. The number of amides is 1. The van der Waals surface area contributed by atoms with Crippen LogP contribution in [0.5, 0.6) is 0 Å². The van der Waals surface area contributed by atoms with Crippen molar-refractivity contribution in [1.29, 1.82) is 0 Å². The van der Waals surface area contributed by atoms with Gasteiger partial charge in [0.25, 0.3) is 0 Å². The average molecular weight is 271 g/mol. The van der Waals surface area contributed by atoms with Crippen LogP contribution in [0.2, 0.25) is 0 Å². The number of hydrogen-bond acceptors (Lipinski definition) is 4. The van der Waals surface area contributed by atoms with Crippen LogP contribution in [-0.2, 0) is 11.3 Å². The summed E-state index contributed by atoms with van der Waals surface area (Å²) in [4.78, 5) is 25.3. The van der Waals surface area contributed by atoms with Gasteiger partial charge in [-0.15, -0.1) is 5.10 Å². The van der Waals surface area contributed by atoms with E-state index < -0.39 is 5.76 Å². The lowest BCUT2D eigenvalue weighted by molar-refractivity contribution is -0.130. The van der Waals surface area contributed by atoms with Crippen LogP contribution in [0.25, 0.3) is 11.5 Å². The minimum atomic E-state index is -0.621. The summed E-state index contributed by atoms with van der Waals surface area (Å²) in [5, 5.41) is 4.06. The van der Waals surface area contributed by atoms with Gasteiger partial charge in [-0.1, -0.05) is 30.4 Å². The lowest BCUT2D eigenvalue weighted by Gasteiger charge is -2.14. The van der Waals surface area contributed by atoms with Gasteiger partial charge in [0.05, 0.1) is 0 Å². The van der Waals surface area contributed by atoms with E-state index in [1.165, 1.54) is 0 Å². The molecule has 0 N–H and O–H groups in total. The highest BCUT2D eigenvalue weighted by Crippen LogP contribution is 2.14. The first kappa shape index (κ1) is 12.4. The van der Waals surface area contributed by atoms with Crippen LogP contribution in [0.15, 0.2) is 51.7 Å². The Kier molecular flexibility index (Phi) is 3.20. The van der Waals surface area contributed by atoms with Crippen LogP contribution >= 0.6 is 0 Å². The summed E-state index contributed by atoms with van der Waals surface area (Å²) in [7, 11) is 0. The molecule has 0 bridgehead atoms.